The van der Waals surface area contributed by atoms with Crippen LogP contribution in [0.2, 0.25) is 0 Å². The van der Waals surface area contributed by atoms with Crippen molar-refractivity contribution in [3.8, 4) is 11.4 Å². The van der Waals surface area contributed by atoms with Gasteiger partial charge in [-0.25, -0.2) is 4.99 Å². The van der Waals surface area contributed by atoms with Crippen LogP contribution in [0, 0.1) is 0 Å². The van der Waals surface area contributed by atoms with Gasteiger partial charge in [-0.1, -0.05) is 61.0 Å². The van der Waals surface area contributed by atoms with Gasteiger partial charge in [0.2, 0.25) is 11.9 Å². The van der Waals surface area contributed by atoms with Gasteiger partial charge in [-0.3, -0.25) is 15.2 Å². The molecule has 1 aliphatic carbocycles. The van der Waals surface area contributed by atoms with Crippen LogP contribution in [0.1, 0.15) is 30.4 Å². The third-order valence-electron chi connectivity index (χ3n) is 6.03. The molecule has 5 rings (SSSR count). The quantitative estimate of drug-likeness (QED) is 0.512. The lowest BCUT2D eigenvalue weighted by Crippen LogP contribution is -2.46. The molecule has 5 N–H and O–H groups in total. The van der Waals surface area contributed by atoms with Crippen LogP contribution in [-0.4, -0.2) is 33.6 Å². The number of aliphatic imine (C=N–C) groups is 1. The number of H-pyrrole nitrogens is 1. The molecule has 1 amide bonds. The molecule has 8 nitrogen and oxygen atoms in total. The smallest absolute Gasteiger partial charge is 0.249 e. The number of benzene rings is 2. The summed E-state index contributed by atoms with van der Waals surface area (Å²) in [5, 5.41) is 13.0. The first kappa shape index (κ1) is 19.0. The summed E-state index contributed by atoms with van der Waals surface area (Å²) in [5.41, 5.74) is 9.14. The second-order valence-corrected chi connectivity index (χ2v) is 7.86. The average Bonchev–Trinajstić information content (AvgIpc) is 3.23. The molecule has 1 aliphatic heterocycles. The number of aromatic nitrogens is 3. The highest BCUT2D eigenvalue weighted by molar-refractivity contribution is 5.99. The number of nitrogens with zero attached hydrogens (tertiary/aromatic N) is 3. The van der Waals surface area contributed by atoms with Crippen LogP contribution in [0.25, 0.3) is 17.0 Å². The highest BCUT2D eigenvalue weighted by Gasteiger charge is 2.46. The lowest BCUT2D eigenvalue weighted by molar-refractivity contribution is -0.124. The van der Waals surface area contributed by atoms with E-state index in [1.54, 1.807) is 6.20 Å². The number of rotatable bonds is 5. The molecular formula is C23H23N7O. The Morgan fingerprint density at radius 3 is 2.45 bits per heavy atom. The Bertz CT molecular complexity index is 1160. The Morgan fingerprint density at radius 1 is 1.03 bits per heavy atom. The zero-order valence-corrected chi connectivity index (χ0v) is 16.9. The molecule has 2 aromatic carbocycles. The number of hydrogen-bond donors (Lipinski definition) is 4. The van der Waals surface area contributed by atoms with Crippen molar-refractivity contribution in [3.05, 3.63) is 71.9 Å². The Kier molecular flexibility index (Phi) is 4.74. The van der Waals surface area contributed by atoms with Crippen LogP contribution in [0.4, 0.5) is 5.95 Å². The van der Waals surface area contributed by atoms with E-state index >= 15 is 0 Å². The van der Waals surface area contributed by atoms with E-state index < -0.39 is 5.41 Å². The molecule has 1 aromatic heterocycles. The topological polar surface area (TPSA) is 121 Å². The first-order valence-electron chi connectivity index (χ1n) is 10.3. The van der Waals surface area contributed by atoms with Crippen molar-refractivity contribution in [1.29, 1.82) is 0 Å². The van der Waals surface area contributed by atoms with Crippen molar-refractivity contribution in [2.45, 2.75) is 24.7 Å². The Labute approximate surface area is 179 Å². The maximum atomic E-state index is 13.2. The van der Waals surface area contributed by atoms with Crippen molar-refractivity contribution in [2.75, 3.05) is 11.9 Å². The molecule has 0 unspecified atom stereocenters. The number of nitrogens with one attached hydrogen (secondary N) is 3. The molecule has 0 atom stereocenters. The largest absolute Gasteiger partial charge is 0.370 e. The second-order valence-electron chi connectivity index (χ2n) is 7.86. The Balaban J connectivity index is 1.34. The van der Waals surface area contributed by atoms with E-state index in [1.807, 2.05) is 54.6 Å². The fraction of sp³-hybridized carbons (Fsp3) is 0.217. The fourth-order valence-corrected chi connectivity index (χ4v) is 4.05. The lowest BCUT2D eigenvalue weighted by Gasteiger charge is -2.40. The number of carbonyl (C=O) groups excluding carboxylic acids is 1. The van der Waals surface area contributed by atoms with Gasteiger partial charge in [0.05, 0.1) is 5.41 Å². The number of anilines is 1. The number of hydrogen-bond acceptors (Lipinski definition) is 6. The number of aromatic amines is 1. The lowest BCUT2D eigenvalue weighted by atomic mass is 9.63. The van der Waals surface area contributed by atoms with Crippen LogP contribution in [0.15, 0.2) is 65.8 Å². The van der Waals surface area contributed by atoms with Gasteiger partial charge in [0.25, 0.3) is 0 Å². The molecule has 1 saturated carbocycles. The molecule has 156 valence electrons. The van der Waals surface area contributed by atoms with E-state index in [0.29, 0.717) is 24.3 Å². The maximum Gasteiger partial charge on any atom is 0.249 e. The second kappa shape index (κ2) is 7.71. The number of carbonyl (C=O) groups is 1. The molecular weight excluding hydrogens is 390 g/mol. The molecule has 8 heteroatoms. The van der Waals surface area contributed by atoms with E-state index in [2.05, 4.69) is 30.8 Å². The van der Waals surface area contributed by atoms with Crippen LogP contribution >= 0.6 is 0 Å². The normalized spacial score (nSPS) is 17.0. The van der Waals surface area contributed by atoms with Crippen LogP contribution < -0.4 is 16.4 Å². The summed E-state index contributed by atoms with van der Waals surface area (Å²) in [6.07, 6.45) is 4.40. The molecule has 31 heavy (non-hydrogen) atoms. The van der Waals surface area contributed by atoms with Gasteiger partial charge in [0, 0.05) is 18.3 Å². The van der Waals surface area contributed by atoms with Crippen molar-refractivity contribution >= 4 is 23.4 Å². The minimum absolute atomic E-state index is 0.0685. The van der Waals surface area contributed by atoms with E-state index in [4.69, 9.17) is 5.73 Å². The standard InChI is InChI=1S/C23H23N7O/c24-21-25-13-17(14-26-21)15-7-9-18(10-8-15)23(11-4-12-23)20(31)28-22-27-19(29-30-22)16-5-2-1-3-6-16/h1-3,5-10,13H,4,11-12,14H2,(H3,24,25,26)(H2,27,28,29,30,31). The van der Waals surface area contributed by atoms with Gasteiger partial charge >= 0.3 is 0 Å². The maximum absolute atomic E-state index is 13.2. The van der Waals surface area contributed by atoms with E-state index in [9.17, 15) is 4.79 Å². The van der Waals surface area contributed by atoms with Crippen molar-refractivity contribution in [1.82, 2.24) is 20.5 Å². The van der Waals surface area contributed by atoms with Gasteiger partial charge < -0.3 is 11.1 Å². The van der Waals surface area contributed by atoms with Gasteiger partial charge in [0.1, 0.15) is 0 Å². The molecule has 0 spiro atoms. The molecule has 1 fully saturated rings. The third-order valence-corrected chi connectivity index (χ3v) is 6.03. The summed E-state index contributed by atoms with van der Waals surface area (Å²) in [6.45, 7) is 0.634. The summed E-state index contributed by atoms with van der Waals surface area (Å²) in [4.78, 5) is 21.8. The molecule has 2 heterocycles. The first-order chi connectivity index (χ1) is 15.1. The molecule has 3 aromatic rings. The average molecular weight is 413 g/mol. The van der Waals surface area contributed by atoms with E-state index in [1.165, 1.54) is 0 Å². The van der Waals surface area contributed by atoms with Crippen LogP contribution in [0.3, 0.4) is 0 Å². The molecule has 0 saturated heterocycles. The van der Waals surface area contributed by atoms with Crippen molar-refractivity contribution < 1.29 is 4.79 Å². The molecule has 0 radical (unpaired) electrons. The highest BCUT2D eigenvalue weighted by Crippen LogP contribution is 2.44. The van der Waals surface area contributed by atoms with Gasteiger partial charge in [0.15, 0.2) is 11.8 Å². The Hall–Kier alpha value is -3.94. The monoisotopic (exact) mass is 413 g/mol. The summed E-state index contributed by atoms with van der Waals surface area (Å²) < 4.78 is 0. The number of nitrogens with two attached hydrogens (primary N) is 1. The third kappa shape index (κ3) is 3.56. The molecule has 2 aliphatic rings. The zero-order valence-electron chi connectivity index (χ0n) is 16.9. The first-order valence-corrected chi connectivity index (χ1v) is 10.3. The van der Waals surface area contributed by atoms with Gasteiger partial charge in [-0.2, -0.15) is 4.98 Å². The SMILES string of the molecule is NC1=NC=C(c2ccc(C3(C(=O)Nc4n[nH]c(-c5ccccc5)n4)CCC3)cc2)CN1. The van der Waals surface area contributed by atoms with Crippen LogP contribution in [-0.2, 0) is 10.2 Å². The Morgan fingerprint density at radius 2 is 1.81 bits per heavy atom. The predicted molar refractivity (Wildman–Crippen MR) is 120 cm³/mol. The highest BCUT2D eigenvalue weighted by atomic mass is 16.2. The van der Waals surface area contributed by atoms with E-state index in [-0.39, 0.29) is 5.91 Å². The summed E-state index contributed by atoms with van der Waals surface area (Å²) in [6, 6.07) is 17.8. The molecule has 0 bridgehead atoms. The zero-order chi connectivity index (χ0) is 21.3. The van der Waals surface area contributed by atoms with E-state index in [0.717, 1.165) is 41.5 Å². The number of amides is 1. The van der Waals surface area contributed by atoms with Gasteiger partial charge in [-0.05, 0) is 29.5 Å². The predicted octanol–water partition coefficient (Wildman–Crippen LogP) is 2.79. The van der Waals surface area contributed by atoms with Crippen molar-refractivity contribution in [2.24, 2.45) is 10.7 Å². The minimum Gasteiger partial charge on any atom is -0.370 e. The summed E-state index contributed by atoms with van der Waals surface area (Å²) >= 11 is 0. The number of guanidine groups is 1. The van der Waals surface area contributed by atoms with Crippen molar-refractivity contribution in [3.63, 3.8) is 0 Å². The summed E-state index contributed by atoms with van der Waals surface area (Å²) in [5.74, 6) is 1.27. The fourth-order valence-electron chi connectivity index (χ4n) is 4.05. The van der Waals surface area contributed by atoms with Gasteiger partial charge in [-0.15, -0.1) is 5.10 Å². The summed E-state index contributed by atoms with van der Waals surface area (Å²) in [7, 11) is 0. The van der Waals surface area contributed by atoms with Crippen LogP contribution in [0.5, 0.6) is 0 Å². The minimum atomic E-state index is -0.548.